The summed E-state index contributed by atoms with van der Waals surface area (Å²) in [5.41, 5.74) is 1.54. The minimum absolute atomic E-state index is 0.0624. The highest BCUT2D eigenvalue weighted by Gasteiger charge is 2.20. The number of hydrogen-bond acceptors (Lipinski definition) is 6. The summed E-state index contributed by atoms with van der Waals surface area (Å²) in [4.78, 5) is 28.4. The van der Waals surface area contributed by atoms with Crippen molar-refractivity contribution < 1.29 is 23.8 Å². The summed E-state index contributed by atoms with van der Waals surface area (Å²) >= 11 is 6.03. The van der Waals surface area contributed by atoms with E-state index in [1.807, 2.05) is 0 Å². The first-order chi connectivity index (χ1) is 12.6. The summed E-state index contributed by atoms with van der Waals surface area (Å²) in [6.45, 7) is 5.42. The normalized spacial score (nSPS) is 11.0. The zero-order valence-corrected chi connectivity index (χ0v) is 16.7. The number of benzene rings is 1. The van der Waals surface area contributed by atoms with Gasteiger partial charge in [0, 0.05) is 11.1 Å². The van der Waals surface area contributed by atoms with E-state index in [9.17, 15) is 9.59 Å². The average molecular weight is 392 g/mol. The number of nitrogens with zero attached hydrogens (tertiary/aromatic N) is 1. The predicted octanol–water partition coefficient (Wildman–Crippen LogP) is 4.08. The average Bonchev–Trinajstić information content (AvgIpc) is 2.59. The number of esters is 2. The minimum Gasteiger partial charge on any atom is -0.494 e. The fourth-order valence-electron chi connectivity index (χ4n) is 2.55. The quantitative estimate of drug-likeness (QED) is 0.564. The van der Waals surface area contributed by atoms with E-state index in [1.54, 1.807) is 45.0 Å². The summed E-state index contributed by atoms with van der Waals surface area (Å²) in [6.07, 6.45) is 1.53. The van der Waals surface area contributed by atoms with Crippen molar-refractivity contribution in [3.8, 4) is 16.9 Å². The maximum absolute atomic E-state index is 12.2. The molecule has 0 bridgehead atoms. The molecule has 2 rings (SSSR count). The molecule has 0 N–H and O–H groups in total. The number of hydrogen-bond donors (Lipinski definition) is 0. The first-order valence-electron chi connectivity index (χ1n) is 8.27. The van der Waals surface area contributed by atoms with Gasteiger partial charge in [-0.25, -0.2) is 9.78 Å². The van der Waals surface area contributed by atoms with E-state index in [0.29, 0.717) is 28.0 Å². The van der Waals surface area contributed by atoms with Crippen LogP contribution in [0.15, 0.2) is 30.5 Å². The Balaban J connectivity index is 2.52. The fourth-order valence-corrected chi connectivity index (χ4v) is 2.70. The van der Waals surface area contributed by atoms with E-state index in [2.05, 4.69) is 4.98 Å². The molecule has 0 aliphatic heterocycles. The number of aromatic nitrogens is 1. The Hall–Kier alpha value is -2.60. The van der Waals surface area contributed by atoms with Gasteiger partial charge in [0.25, 0.3) is 0 Å². The number of carbonyl (C=O) groups excluding carboxylic acids is 2. The van der Waals surface area contributed by atoms with Gasteiger partial charge in [-0.05, 0) is 44.5 Å². The van der Waals surface area contributed by atoms with E-state index < -0.39 is 11.6 Å². The first-order valence-corrected chi connectivity index (χ1v) is 8.65. The second kappa shape index (κ2) is 8.39. The molecule has 27 heavy (non-hydrogen) atoms. The van der Waals surface area contributed by atoms with Gasteiger partial charge >= 0.3 is 11.9 Å². The molecule has 0 spiro atoms. The zero-order valence-electron chi connectivity index (χ0n) is 16.0. The summed E-state index contributed by atoms with van der Waals surface area (Å²) < 4.78 is 15.6. The lowest BCUT2D eigenvalue weighted by Crippen LogP contribution is -2.24. The van der Waals surface area contributed by atoms with Gasteiger partial charge in [0.05, 0.1) is 32.4 Å². The first kappa shape index (κ1) is 20.7. The maximum Gasteiger partial charge on any atom is 0.338 e. The third kappa shape index (κ3) is 5.44. The van der Waals surface area contributed by atoms with Crippen LogP contribution in [0.4, 0.5) is 0 Å². The van der Waals surface area contributed by atoms with Crippen LogP contribution in [0.25, 0.3) is 11.1 Å². The predicted molar refractivity (Wildman–Crippen MR) is 102 cm³/mol. The van der Waals surface area contributed by atoms with Crippen LogP contribution in [0.2, 0.25) is 5.15 Å². The Morgan fingerprint density at radius 3 is 2.41 bits per heavy atom. The smallest absolute Gasteiger partial charge is 0.338 e. The van der Waals surface area contributed by atoms with E-state index in [0.717, 1.165) is 0 Å². The molecule has 144 valence electrons. The molecule has 0 aliphatic carbocycles. The van der Waals surface area contributed by atoms with Gasteiger partial charge in [-0.3, -0.25) is 4.79 Å². The van der Waals surface area contributed by atoms with Crippen LogP contribution in [0.1, 0.15) is 36.7 Å². The second-order valence-corrected chi connectivity index (χ2v) is 7.23. The van der Waals surface area contributed by atoms with Crippen LogP contribution >= 0.6 is 11.6 Å². The van der Waals surface area contributed by atoms with Crippen LogP contribution in [0.5, 0.6) is 5.75 Å². The number of pyridine rings is 1. The van der Waals surface area contributed by atoms with Crippen molar-refractivity contribution in [2.75, 3.05) is 14.2 Å². The van der Waals surface area contributed by atoms with Crippen molar-refractivity contribution in [2.24, 2.45) is 0 Å². The topological polar surface area (TPSA) is 74.7 Å². The van der Waals surface area contributed by atoms with Crippen molar-refractivity contribution in [1.29, 1.82) is 0 Å². The molecule has 0 radical (unpaired) electrons. The molecule has 0 aliphatic rings. The lowest BCUT2D eigenvalue weighted by atomic mass is 9.96. The van der Waals surface area contributed by atoms with Crippen LogP contribution in [0.3, 0.4) is 0 Å². The zero-order chi connectivity index (χ0) is 20.2. The number of methoxy groups -OCH3 is 2. The van der Waals surface area contributed by atoms with Crippen LogP contribution in [-0.4, -0.2) is 36.7 Å². The molecule has 1 aromatic carbocycles. The molecule has 0 amide bonds. The molecule has 7 heteroatoms. The minimum atomic E-state index is -0.576. The van der Waals surface area contributed by atoms with Gasteiger partial charge in [-0.15, -0.1) is 0 Å². The van der Waals surface area contributed by atoms with E-state index in [1.165, 1.54) is 20.4 Å². The van der Waals surface area contributed by atoms with E-state index in [4.69, 9.17) is 25.8 Å². The Morgan fingerprint density at radius 1 is 1.11 bits per heavy atom. The molecule has 0 saturated carbocycles. The van der Waals surface area contributed by atoms with Crippen LogP contribution in [-0.2, 0) is 20.7 Å². The Bertz CT molecular complexity index is 858. The van der Waals surface area contributed by atoms with Gasteiger partial charge in [0.2, 0.25) is 0 Å². The van der Waals surface area contributed by atoms with Gasteiger partial charge in [-0.1, -0.05) is 17.7 Å². The molecule has 1 heterocycles. The van der Waals surface area contributed by atoms with Crippen molar-refractivity contribution in [1.82, 2.24) is 4.98 Å². The van der Waals surface area contributed by atoms with Crippen molar-refractivity contribution >= 4 is 23.5 Å². The molecule has 2 aromatic rings. The van der Waals surface area contributed by atoms with Crippen LogP contribution in [0, 0.1) is 0 Å². The Kier molecular flexibility index (Phi) is 6.44. The fraction of sp³-hybridized carbons (Fsp3) is 0.350. The number of halogens is 1. The van der Waals surface area contributed by atoms with E-state index >= 15 is 0 Å². The molecular formula is C20H22ClNO5. The highest BCUT2D eigenvalue weighted by molar-refractivity contribution is 6.29. The van der Waals surface area contributed by atoms with Gasteiger partial charge in [-0.2, -0.15) is 0 Å². The second-order valence-electron chi connectivity index (χ2n) is 6.84. The summed E-state index contributed by atoms with van der Waals surface area (Å²) in [6, 6.07) is 6.62. The number of carbonyl (C=O) groups is 2. The van der Waals surface area contributed by atoms with Crippen molar-refractivity contribution in [3.05, 3.63) is 46.7 Å². The molecule has 0 atom stereocenters. The maximum atomic E-state index is 12.2. The summed E-state index contributed by atoms with van der Waals surface area (Å²) in [7, 11) is 2.80. The standard InChI is InChI=1S/C20H22ClNO5/c1-20(2,3)27-18(23)9-12-6-7-13(19(24)26-5)14(8-12)15-10-17(21)22-11-16(15)25-4/h6-8,10-11H,9H2,1-5H3. The molecule has 0 saturated heterocycles. The van der Waals surface area contributed by atoms with Crippen molar-refractivity contribution in [3.63, 3.8) is 0 Å². The molecular weight excluding hydrogens is 370 g/mol. The Morgan fingerprint density at radius 2 is 1.81 bits per heavy atom. The van der Waals surface area contributed by atoms with E-state index in [-0.39, 0.29) is 17.5 Å². The summed E-state index contributed by atoms with van der Waals surface area (Å²) in [5, 5.41) is 0.249. The van der Waals surface area contributed by atoms with Gasteiger partial charge < -0.3 is 14.2 Å². The monoisotopic (exact) mass is 391 g/mol. The third-order valence-electron chi connectivity index (χ3n) is 3.60. The molecule has 1 aromatic heterocycles. The highest BCUT2D eigenvalue weighted by Crippen LogP contribution is 2.34. The highest BCUT2D eigenvalue weighted by atomic mass is 35.5. The lowest BCUT2D eigenvalue weighted by Gasteiger charge is -2.20. The molecule has 0 unspecified atom stereocenters. The summed E-state index contributed by atoms with van der Waals surface area (Å²) in [5.74, 6) is -0.429. The number of rotatable bonds is 5. The largest absolute Gasteiger partial charge is 0.494 e. The molecule has 0 fully saturated rings. The van der Waals surface area contributed by atoms with Crippen LogP contribution < -0.4 is 4.74 Å². The van der Waals surface area contributed by atoms with Crippen molar-refractivity contribution in [2.45, 2.75) is 32.8 Å². The number of ether oxygens (including phenoxy) is 3. The molecule has 6 nitrogen and oxygen atoms in total. The lowest BCUT2D eigenvalue weighted by molar-refractivity contribution is -0.153. The third-order valence-corrected chi connectivity index (χ3v) is 3.81. The van der Waals surface area contributed by atoms with Gasteiger partial charge in [0.1, 0.15) is 16.5 Å². The van der Waals surface area contributed by atoms with Gasteiger partial charge in [0.15, 0.2) is 0 Å². The SMILES string of the molecule is COC(=O)c1ccc(CC(=O)OC(C)(C)C)cc1-c1cc(Cl)ncc1OC. The Labute approximate surface area is 163 Å².